The number of hydrogen-bond donors (Lipinski definition) is 0. The van der Waals surface area contributed by atoms with Crippen molar-refractivity contribution in [3.63, 3.8) is 0 Å². The minimum atomic E-state index is -0.751. The van der Waals surface area contributed by atoms with Crippen LogP contribution >= 0.6 is 0 Å². The summed E-state index contributed by atoms with van der Waals surface area (Å²) < 4.78 is 11.6. The Morgan fingerprint density at radius 3 is 2.22 bits per heavy atom. The van der Waals surface area contributed by atoms with E-state index in [9.17, 15) is 0 Å². The molecule has 4 bridgehead atoms. The van der Waals surface area contributed by atoms with Gasteiger partial charge in [-0.3, -0.25) is 0 Å². The number of ether oxygens (including phenoxy) is 2. The first-order valence-electron chi connectivity index (χ1n) is 15.0. The fourth-order valence-electron chi connectivity index (χ4n) is 8.32. The highest BCUT2D eigenvalue weighted by molar-refractivity contribution is 5.29. The highest BCUT2D eigenvalue weighted by Gasteiger charge is 2.64. The van der Waals surface area contributed by atoms with Crippen LogP contribution in [-0.2, 0) is 24.3 Å². The molecule has 0 N–H and O–H groups in total. The van der Waals surface area contributed by atoms with Gasteiger partial charge in [-0.2, -0.15) is 19.6 Å². The van der Waals surface area contributed by atoms with Crippen LogP contribution in [0.15, 0.2) is 24.3 Å². The molecule has 0 atom stereocenters. The Morgan fingerprint density at radius 1 is 0.811 bits per heavy atom. The maximum absolute atomic E-state index is 6.21. The summed E-state index contributed by atoms with van der Waals surface area (Å²) in [6.45, 7) is 5.74. The van der Waals surface area contributed by atoms with E-state index in [2.05, 4.69) is 29.2 Å². The van der Waals surface area contributed by atoms with E-state index in [1.54, 1.807) is 0 Å². The maximum Gasteiger partial charge on any atom is 0.239 e. The predicted molar refractivity (Wildman–Crippen MR) is 136 cm³/mol. The summed E-state index contributed by atoms with van der Waals surface area (Å²) in [7, 11) is 0. The maximum atomic E-state index is 6.21. The summed E-state index contributed by atoms with van der Waals surface area (Å²) in [6.07, 6.45) is 11.9. The van der Waals surface area contributed by atoms with Crippen molar-refractivity contribution in [3.05, 3.63) is 29.8 Å². The first-order chi connectivity index (χ1) is 18.2. The van der Waals surface area contributed by atoms with Crippen LogP contribution in [0.3, 0.4) is 0 Å². The molecule has 1 aromatic rings. The van der Waals surface area contributed by atoms with Gasteiger partial charge in [0.1, 0.15) is 5.75 Å². The lowest BCUT2D eigenvalue weighted by Gasteiger charge is -2.60. The van der Waals surface area contributed by atoms with Gasteiger partial charge in [0.2, 0.25) is 11.6 Å². The SMILES string of the molecule is c1cc(C2CCC3(CC2)OOC2(OO3)C3CC4CC(C3)CC2C4)ccc1OCCCN1CCCOCC1. The van der Waals surface area contributed by atoms with Crippen molar-refractivity contribution >= 4 is 0 Å². The van der Waals surface area contributed by atoms with E-state index in [0.29, 0.717) is 17.8 Å². The molecule has 204 valence electrons. The minimum absolute atomic E-state index is 0.419. The number of rotatable bonds is 6. The number of benzene rings is 1. The van der Waals surface area contributed by atoms with Gasteiger partial charge in [-0.1, -0.05) is 12.1 Å². The summed E-state index contributed by atoms with van der Waals surface area (Å²) in [4.78, 5) is 27.1. The molecular formula is C30H43NO6. The van der Waals surface area contributed by atoms with Gasteiger partial charge >= 0.3 is 0 Å². The highest BCUT2D eigenvalue weighted by Crippen LogP contribution is 2.62. The highest BCUT2D eigenvalue weighted by atomic mass is 17.4. The van der Waals surface area contributed by atoms with Crippen LogP contribution in [0, 0.1) is 23.7 Å². The molecule has 0 aromatic heterocycles. The second-order valence-electron chi connectivity index (χ2n) is 12.6. The molecule has 37 heavy (non-hydrogen) atoms. The number of hydrogen-bond acceptors (Lipinski definition) is 7. The summed E-state index contributed by atoms with van der Waals surface area (Å²) in [6, 6.07) is 8.69. The smallest absolute Gasteiger partial charge is 0.239 e. The van der Waals surface area contributed by atoms with E-state index in [0.717, 1.165) is 95.6 Å². The summed E-state index contributed by atoms with van der Waals surface area (Å²) in [5.41, 5.74) is 1.36. The lowest BCUT2D eigenvalue weighted by molar-refractivity contribution is -0.680. The van der Waals surface area contributed by atoms with Gasteiger partial charge in [0.05, 0.1) is 13.2 Å². The van der Waals surface area contributed by atoms with E-state index < -0.39 is 11.6 Å². The zero-order valence-electron chi connectivity index (χ0n) is 22.1. The molecule has 7 fully saturated rings. The predicted octanol–water partition coefficient (Wildman–Crippen LogP) is 5.59. The molecule has 0 amide bonds. The Bertz CT molecular complexity index is 865. The third kappa shape index (κ3) is 4.96. The topological polar surface area (TPSA) is 58.6 Å². The van der Waals surface area contributed by atoms with E-state index >= 15 is 0 Å². The normalized spacial score (nSPS) is 41.8. The fraction of sp³-hybridized carbons (Fsp3) is 0.800. The Balaban J connectivity index is 0.868. The average molecular weight is 514 g/mol. The second kappa shape index (κ2) is 10.4. The standard InChI is InChI=1S/C30H43NO6/c1-11-31(13-16-32-14-1)12-2-15-33-28-5-3-24(4-6-28)25-7-9-29(10-8-25)34-36-30(37-35-29)26-18-22-17-23(20-26)21-27(30)19-22/h3-6,22-23,25-27H,1-2,7-21H2. The molecule has 0 radical (unpaired) electrons. The molecule has 2 heterocycles. The van der Waals surface area contributed by atoms with Crippen molar-refractivity contribution in [1.29, 1.82) is 0 Å². The monoisotopic (exact) mass is 513 g/mol. The van der Waals surface area contributed by atoms with Gasteiger partial charge < -0.3 is 14.4 Å². The Morgan fingerprint density at radius 2 is 1.51 bits per heavy atom. The average Bonchev–Trinajstić information content (AvgIpc) is 3.20. The number of nitrogens with zero attached hydrogens (tertiary/aromatic N) is 1. The van der Waals surface area contributed by atoms with Gasteiger partial charge in [0.25, 0.3) is 0 Å². The Hall–Kier alpha value is -1.22. The van der Waals surface area contributed by atoms with E-state index in [4.69, 9.17) is 29.0 Å². The largest absolute Gasteiger partial charge is 0.494 e. The third-order valence-electron chi connectivity index (χ3n) is 10.2. The Kier molecular flexibility index (Phi) is 6.97. The minimum Gasteiger partial charge on any atom is -0.494 e. The molecule has 2 aliphatic heterocycles. The zero-order chi connectivity index (χ0) is 24.7. The van der Waals surface area contributed by atoms with Gasteiger partial charge in [-0.15, -0.1) is 0 Å². The Labute approximate surface area is 220 Å². The molecule has 7 nitrogen and oxygen atoms in total. The van der Waals surface area contributed by atoms with Crippen molar-refractivity contribution in [2.45, 2.75) is 88.1 Å². The van der Waals surface area contributed by atoms with Gasteiger partial charge in [0, 0.05) is 50.9 Å². The van der Waals surface area contributed by atoms with Crippen LogP contribution < -0.4 is 4.74 Å². The third-order valence-corrected chi connectivity index (χ3v) is 10.2. The zero-order valence-corrected chi connectivity index (χ0v) is 22.1. The van der Waals surface area contributed by atoms with E-state index in [1.165, 1.54) is 37.7 Å². The van der Waals surface area contributed by atoms with Gasteiger partial charge in [-0.25, -0.2) is 0 Å². The molecule has 2 spiro atoms. The van der Waals surface area contributed by atoms with Crippen molar-refractivity contribution in [3.8, 4) is 5.75 Å². The van der Waals surface area contributed by atoms with E-state index in [-0.39, 0.29) is 0 Å². The van der Waals surface area contributed by atoms with Crippen LogP contribution in [0.2, 0.25) is 0 Å². The molecule has 2 saturated heterocycles. The van der Waals surface area contributed by atoms with Crippen LogP contribution in [0.4, 0.5) is 0 Å². The van der Waals surface area contributed by atoms with E-state index in [1.807, 2.05) is 0 Å². The van der Waals surface area contributed by atoms with Crippen LogP contribution in [0.1, 0.15) is 82.1 Å². The fourth-order valence-corrected chi connectivity index (χ4v) is 8.32. The van der Waals surface area contributed by atoms with Crippen LogP contribution in [-0.4, -0.2) is 55.9 Å². The summed E-state index contributed by atoms with van der Waals surface area (Å²) in [5, 5.41) is 0. The lowest BCUT2D eigenvalue weighted by Crippen LogP contribution is -2.64. The van der Waals surface area contributed by atoms with Gasteiger partial charge in [-0.05, 0) is 93.2 Å². The molecule has 7 aliphatic rings. The molecular weight excluding hydrogens is 470 g/mol. The van der Waals surface area contributed by atoms with Crippen molar-refractivity contribution in [1.82, 2.24) is 4.90 Å². The lowest BCUT2D eigenvalue weighted by atomic mass is 9.53. The summed E-state index contributed by atoms with van der Waals surface area (Å²) >= 11 is 0. The molecule has 5 aliphatic carbocycles. The van der Waals surface area contributed by atoms with Crippen molar-refractivity contribution in [2.24, 2.45) is 23.7 Å². The first kappa shape index (κ1) is 24.8. The van der Waals surface area contributed by atoms with Crippen molar-refractivity contribution in [2.75, 3.05) is 39.5 Å². The van der Waals surface area contributed by atoms with Crippen LogP contribution in [0.5, 0.6) is 5.75 Å². The molecule has 0 unspecified atom stereocenters. The molecule has 1 aromatic carbocycles. The first-order valence-corrected chi connectivity index (χ1v) is 15.0. The second-order valence-corrected chi connectivity index (χ2v) is 12.6. The van der Waals surface area contributed by atoms with Crippen LogP contribution in [0.25, 0.3) is 0 Å². The van der Waals surface area contributed by atoms with Crippen molar-refractivity contribution < 1.29 is 29.0 Å². The quantitative estimate of drug-likeness (QED) is 0.363. The van der Waals surface area contributed by atoms with Gasteiger partial charge in [0.15, 0.2) is 0 Å². The molecule has 7 heteroatoms. The summed E-state index contributed by atoms with van der Waals surface area (Å²) in [5.74, 6) is 2.58. The molecule has 8 rings (SSSR count). The molecule has 5 saturated carbocycles.